The van der Waals surface area contributed by atoms with Crippen molar-refractivity contribution in [2.75, 3.05) is 20.8 Å². The second-order valence-corrected chi connectivity index (χ2v) is 3.82. The van der Waals surface area contributed by atoms with Crippen molar-refractivity contribution in [3.63, 3.8) is 0 Å². The van der Waals surface area contributed by atoms with Crippen molar-refractivity contribution in [2.45, 2.75) is 13.8 Å². The van der Waals surface area contributed by atoms with Crippen LogP contribution in [0.3, 0.4) is 0 Å². The molecule has 0 saturated heterocycles. The largest absolute Gasteiger partial charge is 0.467 e. The van der Waals surface area contributed by atoms with Crippen molar-refractivity contribution in [1.82, 2.24) is 20.1 Å². The van der Waals surface area contributed by atoms with Gasteiger partial charge < -0.3 is 18.7 Å². The Hall–Kier alpha value is -2.71. The highest BCUT2D eigenvalue weighted by Crippen LogP contribution is 2.25. The predicted molar refractivity (Wildman–Crippen MR) is 69.1 cm³/mol. The molecule has 0 spiro atoms. The number of carbonyl (C=O) groups is 1. The van der Waals surface area contributed by atoms with E-state index in [1.54, 1.807) is 13.8 Å². The molecule has 2 aromatic rings. The highest BCUT2D eigenvalue weighted by Gasteiger charge is 2.25. The minimum Gasteiger partial charge on any atom is -0.467 e. The number of hydrogen-bond donors (Lipinski definition) is 0. The molecule has 0 aliphatic heterocycles. The van der Waals surface area contributed by atoms with Crippen LogP contribution in [0.4, 0.5) is 0 Å². The van der Waals surface area contributed by atoms with Gasteiger partial charge in [0.05, 0.1) is 20.8 Å². The van der Waals surface area contributed by atoms with E-state index in [2.05, 4.69) is 20.1 Å². The highest BCUT2D eigenvalue weighted by atomic mass is 16.5. The quantitative estimate of drug-likeness (QED) is 0.746. The van der Waals surface area contributed by atoms with Crippen molar-refractivity contribution in [3.05, 3.63) is 11.3 Å². The van der Waals surface area contributed by atoms with Crippen molar-refractivity contribution >= 4 is 5.97 Å². The van der Waals surface area contributed by atoms with E-state index in [4.69, 9.17) is 18.7 Å². The molecule has 9 nitrogen and oxygen atoms in total. The summed E-state index contributed by atoms with van der Waals surface area (Å²) in [6, 6.07) is 0.0691. The van der Waals surface area contributed by atoms with Gasteiger partial charge in [0.15, 0.2) is 11.5 Å². The van der Waals surface area contributed by atoms with Crippen LogP contribution in [0.25, 0.3) is 11.5 Å². The van der Waals surface area contributed by atoms with Crippen LogP contribution in [0.2, 0.25) is 0 Å². The number of esters is 1. The Labute approximate surface area is 120 Å². The molecule has 2 aromatic heterocycles. The van der Waals surface area contributed by atoms with Gasteiger partial charge in [0.25, 0.3) is 0 Å². The average Bonchev–Trinajstić information content (AvgIpc) is 2.88. The lowest BCUT2D eigenvalue weighted by Gasteiger charge is -2.04. The first kappa shape index (κ1) is 14.7. The molecule has 2 rings (SSSR count). The first-order chi connectivity index (χ1) is 10.1. The topological polar surface area (TPSA) is 109 Å². The molecular formula is C12H14N4O5. The second-order valence-electron chi connectivity index (χ2n) is 3.82. The van der Waals surface area contributed by atoms with E-state index in [-0.39, 0.29) is 35.7 Å². The lowest BCUT2D eigenvalue weighted by molar-refractivity contribution is 0.0525. The van der Waals surface area contributed by atoms with Gasteiger partial charge in [-0.3, -0.25) is 0 Å². The molecular weight excluding hydrogens is 280 g/mol. The van der Waals surface area contributed by atoms with Gasteiger partial charge in [-0.2, -0.15) is 9.97 Å². The number of ether oxygens (including phenoxy) is 3. The average molecular weight is 294 g/mol. The fourth-order valence-corrected chi connectivity index (χ4v) is 1.59. The number of nitrogens with zero attached hydrogens (tertiary/aromatic N) is 4. The molecule has 0 fully saturated rings. The third kappa shape index (κ3) is 2.91. The predicted octanol–water partition coefficient (Wildman–Crippen LogP) is 1.03. The summed E-state index contributed by atoms with van der Waals surface area (Å²) in [5.74, 6) is -0.162. The maximum Gasteiger partial charge on any atom is 0.344 e. The zero-order chi connectivity index (χ0) is 15.4. The Morgan fingerprint density at radius 1 is 1.14 bits per heavy atom. The van der Waals surface area contributed by atoms with E-state index in [0.29, 0.717) is 5.76 Å². The maximum absolute atomic E-state index is 12.0. The maximum atomic E-state index is 12.0. The summed E-state index contributed by atoms with van der Waals surface area (Å²) >= 11 is 0. The first-order valence-electron chi connectivity index (χ1n) is 6.08. The van der Waals surface area contributed by atoms with Gasteiger partial charge in [-0.1, -0.05) is 5.16 Å². The normalized spacial score (nSPS) is 10.3. The summed E-state index contributed by atoms with van der Waals surface area (Å²) in [4.78, 5) is 23.9. The monoisotopic (exact) mass is 294 g/mol. The molecule has 0 amide bonds. The standard InChI is InChI=1S/C12H14N4O5/c1-5-20-10(17)7-6(2)21-16-8(7)9-13-11(18-3)15-12(14-9)19-4/h5H2,1-4H3. The van der Waals surface area contributed by atoms with E-state index < -0.39 is 5.97 Å². The third-order valence-corrected chi connectivity index (χ3v) is 2.51. The highest BCUT2D eigenvalue weighted by molar-refractivity contribution is 5.96. The van der Waals surface area contributed by atoms with E-state index >= 15 is 0 Å². The van der Waals surface area contributed by atoms with Crippen LogP contribution in [0.1, 0.15) is 23.0 Å². The lowest BCUT2D eigenvalue weighted by Crippen LogP contribution is -2.08. The molecule has 0 saturated carbocycles. The molecule has 0 aromatic carbocycles. The van der Waals surface area contributed by atoms with Crippen molar-refractivity contribution < 1.29 is 23.5 Å². The Kier molecular flexibility index (Phi) is 4.31. The number of aromatic nitrogens is 4. The number of carbonyl (C=O) groups excluding carboxylic acids is 1. The fourth-order valence-electron chi connectivity index (χ4n) is 1.59. The summed E-state index contributed by atoms with van der Waals surface area (Å²) in [5, 5.41) is 3.80. The van der Waals surface area contributed by atoms with Gasteiger partial charge in [-0.05, 0) is 13.8 Å². The minimum absolute atomic E-state index is 0.0345. The van der Waals surface area contributed by atoms with Crippen molar-refractivity contribution in [1.29, 1.82) is 0 Å². The summed E-state index contributed by atoms with van der Waals surface area (Å²) in [7, 11) is 2.80. The van der Waals surface area contributed by atoms with Crippen molar-refractivity contribution in [2.24, 2.45) is 0 Å². The van der Waals surface area contributed by atoms with E-state index in [1.807, 2.05) is 0 Å². The molecule has 0 bridgehead atoms. The van der Waals surface area contributed by atoms with E-state index in [9.17, 15) is 4.79 Å². The fraction of sp³-hybridized carbons (Fsp3) is 0.417. The summed E-state index contributed by atoms with van der Waals surface area (Å²) in [6.07, 6.45) is 0. The van der Waals surface area contributed by atoms with Gasteiger partial charge >= 0.3 is 18.0 Å². The van der Waals surface area contributed by atoms with Crippen LogP contribution >= 0.6 is 0 Å². The zero-order valence-corrected chi connectivity index (χ0v) is 12.0. The summed E-state index contributed by atoms with van der Waals surface area (Å²) in [5.41, 5.74) is 0.303. The van der Waals surface area contributed by atoms with Crippen LogP contribution in [-0.4, -0.2) is 46.9 Å². The molecule has 0 aliphatic rings. The Morgan fingerprint density at radius 2 is 1.76 bits per heavy atom. The second kappa shape index (κ2) is 6.16. The molecule has 2 heterocycles. The summed E-state index contributed by atoms with van der Waals surface area (Å²) in [6.45, 7) is 3.53. The van der Waals surface area contributed by atoms with Gasteiger partial charge in [0.1, 0.15) is 11.3 Å². The SMILES string of the molecule is CCOC(=O)c1c(-c2nc(OC)nc(OC)n2)noc1C. The van der Waals surface area contributed by atoms with Gasteiger partial charge in [-0.15, -0.1) is 4.98 Å². The number of hydrogen-bond acceptors (Lipinski definition) is 9. The molecule has 0 unspecified atom stereocenters. The van der Waals surface area contributed by atoms with Gasteiger partial charge in [-0.25, -0.2) is 4.79 Å². The van der Waals surface area contributed by atoms with Gasteiger partial charge in [0.2, 0.25) is 0 Å². The smallest absolute Gasteiger partial charge is 0.344 e. The number of methoxy groups -OCH3 is 2. The zero-order valence-electron chi connectivity index (χ0n) is 12.0. The van der Waals surface area contributed by atoms with Crippen LogP contribution in [0, 0.1) is 6.92 Å². The van der Waals surface area contributed by atoms with Gasteiger partial charge in [0, 0.05) is 0 Å². The molecule has 0 N–H and O–H groups in total. The Morgan fingerprint density at radius 3 is 2.29 bits per heavy atom. The molecule has 0 aliphatic carbocycles. The number of aryl methyl sites for hydroxylation is 1. The first-order valence-corrected chi connectivity index (χ1v) is 6.08. The molecule has 21 heavy (non-hydrogen) atoms. The minimum atomic E-state index is -0.565. The molecule has 0 atom stereocenters. The van der Waals surface area contributed by atoms with Crippen LogP contribution in [-0.2, 0) is 4.74 Å². The van der Waals surface area contributed by atoms with Crippen molar-refractivity contribution in [3.8, 4) is 23.5 Å². The molecule has 112 valence electrons. The molecule has 9 heteroatoms. The summed E-state index contributed by atoms with van der Waals surface area (Å²) < 4.78 is 19.9. The lowest BCUT2D eigenvalue weighted by atomic mass is 10.2. The van der Waals surface area contributed by atoms with Crippen LogP contribution in [0.5, 0.6) is 12.0 Å². The van der Waals surface area contributed by atoms with Crippen LogP contribution in [0.15, 0.2) is 4.52 Å². The Balaban J connectivity index is 2.54. The molecule has 0 radical (unpaired) electrons. The third-order valence-electron chi connectivity index (χ3n) is 2.51. The van der Waals surface area contributed by atoms with E-state index in [1.165, 1.54) is 14.2 Å². The van der Waals surface area contributed by atoms with Crippen LogP contribution < -0.4 is 9.47 Å². The number of rotatable bonds is 5. The Bertz CT molecular complexity index is 633. The van der Waals surface area contributed by atoms with E-state index in [0.717, 1.165) is 0 Å².